The molecule has 2 nitrogen and oxygen atoms in total. The fraction of sp³-hybridized carbons (Fsp3) is 0.0625. The van der Waals surface area contributed by atoms with Crippen molar-refractivity contribution in [3.05, 3.63) is 77.9 Å². The van der Waals surface area contributed by atoms with Gasteiger partial charge in [0.25, 0.3) is 0 Å². The predicted octanol–water partition coefficient (Wildman–Crippen LogP) is 3.37. The first-order chi connectivity index (χ1) is 8.84. The summed E-state index contributed by atoms with van der Waals surface area (Å²) in [6, 6.07) is 19.2. The van der Waals surface area contributed by atoms with Crippen molar-refractivity contribution < 1.29 is 9.53 Å². The van der Waals surface area contributed by atoms with E-state index in [4.69, 9.17) is 4.74 Å². The highest BCUT2D eigenvalue weighted by molar-refractivity contribution is 6.02. The largest absolute Gasteiger partial charge is 0.477 e. The normalized spacial score (nSPS) is 18.3. The Hall–Kier alpha value is -2.35. The van der Waals surface area contributed by atoms with Crippen molar-refractivity contribution in [3.8, 4) is 0 Å². The maximum absolute atomic E-state index is 12.0. The summed E-state index contributed by atoms with van der Waals surface area (Å²) in [5, 5.41) is 0. The van der Waals surface area contributed by atoms with Crippen molar-refractivity contribution in [2.24, 2.45) is 0 Å². The molecule has 88 valence electrons. The first-order valence-electron chi connectivity index (χ1n) is 5.87. The molecule has 0 spiro atoms. The predicted molar refractivity (Wildman–Crippen MR) is 69.7 cm³/mol. The summed E-state index contributed by atoms with van der Waals surface area (Å²) in [7, 11) is 0. The van der Waals surface area contributed by atoms with Crippen molar-refractivity contribution in [1.82, 2.24) is 0 Å². The van der Waals surface area contributed by atoms with Gasteiger partial charge in [-0.1, -0.05) is 60.7 Å². The number of carbonyl (C=O) groups excluding carboxylic acids is 1. The van der Waals surface area contributed by atoms with Gasteiger partial charge in [0.2, 0.25) is 5.78 Å². The first-order valence-corrected chi connectivity index (χ1v) is 5.87. The van der Waals surface area contributed by atoms with E-state index in [1.807, 2.05) is 60.7 Å². The van der Waals surface area contributed by atoms with E-state index >= 15 is 0 Å². The molecule has 0 amide bonds. The standard InChI is InChI=1S/C16H12O2/c17-14-11-15(12-7-3-1-4-8-12)18-16(14)13-9-5-2-6-10-13/h1-11,16H. The molecule has 0 aliphatic carbocycles. The molecular weight excluding hydrogens is 224 g/mol. The van der Waals surface area contributed by atoms with Crippen LogP contribution in [-0.2, 0) is 9.53 Å². The van der Waals surface area contributed by atoms with Crippen LogP contribution in [0.15, 0.2) is 66.7 Å². The molecule has 1 aliphatic heterocycles. The van der Waals surface area contributed by atoms with E-state index in [-0.39, 0.29) is 5.78 Å². The van der Waals surface area contributed by atoms with E-state index in [1.165, 1.54) is 0 Å². The van der Waals surface area contributed by atoms with Crippen molar-refractivity contribution in [2.45, 2.75) is 6.10 Å². The van der Waals surface area contributed by atoms with Gasteiger partial charge in [-0.25, -0.2) is 0 Å². The lowest BCUT2D eigenvalue weighted by Gasteiger charge is -2.12. The molecule has 2 heteroatoms. The maximum Gasteiger partial charge on any atom is 0.204 e. The highest BCUT2D eigenvalue weighted by Crippen LogP contribution is 2.32. The Morgan fingerprint density at radius 1 is 0.833 bits per heavy atom. The van der Waals surface area contributed by atoms with Gasteiger partial charge in [0, 0.05) is 17.2 Å². The average Bonchev–Trinajstić information content (AvgIpc) is 2.83. The fourth-order valence-corrected chi connectivity index (χ4v) is 2.04. The number of carbonyl (C=O) groups is 1. The highest BCUT2D eigenvalue weighted by Gasteiger charge is 2.28. The van der Waals surface area contributed by atoms with Crippen LogP contribution in [0.5, 0.6) is 0 Å². The van der Waals surface area contributed by atoms with Gasteiger partial charge in [0.15, 0.2) is 6.10 Å². The van der Waals surface area contributed by atoms with E-state index in [0.717, 1.165) is 11.1 Å². The molecule has 1 unspecified atom stereocenters. The van der Waals surface area contributed by atoms with Crippen molar-refractivity contribution in [1.29, 1.82) is 0 Å². The van der Waals surface area contributed by atoms with Crippen LogP contribution in [0.25, 0.3) is 5.76 Å². The van der Waals surface area contributed by atoms with Gasteiger partial charge in [-0.3, -0.25) is 4.79 Å². The SMILES string of the molecule is O=C1C=C(c2ccccc2)OC1c1ccccc1. The summed E-state index contributed by atoms with van der Waals surface area (Å²) in [5.41, 5.74) is 1.83. The second-order valence-electron chi connectivity index (χ2n) is 4.19. The lowest BCUT2D eigenvalue weighted by Crippen LogP contribution is -2.06. The Morgan fingerprint density at radius 3 is 2.11 bits per heavy atom. The topological polar surface area (TPSA) is 26.3 Å². The molecule has 2 aromatic carbocycles. The minimum absolute atomic E-state index is 0.0000491. The number of rotatable bonds is 2. The number of hydrogen-bond acceptors (Lipinski definition) is 2. The molecule has 0 N–H and O–H groups in total. The van der Waals surface area contributed by atoms with E-state index in [0.29, 0.717) is 5.76 Å². The van der Waals surface area contributed by atoms with Gasteiger partial charge in [0.05, 0.1) is 0 Å². The lowest BCUT2D eigenvalue weighted by atomic mass is 10.1. The molecular formula is C16H12O2. The maximum atomic E-state index is 12.0. The molecule has 2 aromatic rings. The lowest BCUT2D eigenvalue weighted by molar-refractivity contribution is -0.120. The summed E-state index contributed by atoms with van der Waals surface area (Å²) in [5.74, 6) is 0.648. The van der Waals surface area contributed by atoms with Gasteiger partial charge in [-0.15, -0.1) is 0 Å². The smallest absolute Gasteiger partial charge is 0.204 e. The monoisotopic (exact) mass is 236 g/mol. The summed E-state index contributed by atoms with van der Waals surface area (Å²) in [4.78, 5) is 12.0. The average molecular weight is 236 g/mol. The van der Waals surface area contributed by atoms with Crippen LogP contribution in [-0.4, -0.2) is 5.78 Å². The van der Waals surface area contributed by atoms with Crippen molar-refractivity contribution in [2.75, 3.05) is 0 Å². The molecule has 1 aliphatic rings. The van der Waals surface area contributed by atoms with E-state index in [9.17, 15) is 4.79 Å². The van der Waals surface area contributed by atoms with Gasteiger partial charge >= 0.3 is 0 Å². The van der Waals surface area contributed by atoms with Crippen LogP contribution >= 0.6 is 0 Å². The van der Waals surface area contributed by atoms with Gasteiger partial charge in [-0.05, 0) is 0 Å². The van der Waals surface area contributed by atoms with Gasteiger partial charge < -0.3 is 4.74 Å². The highest BCUT2D eigenvalue weighted by atomic mass is 16.5. The molecule has 0 bridgehead atoms. The minimum atomic E-state index is -0.499. The molecule has 0 radical (unpaired) electrons. The van der Waals surface area contributed by atoms with Crippen LogP contribution < -0.4 is 0 Å². The minimum Gasteiger partial charge on any atom is -0.477 e. The van der Waals surface area contributed by atoms with E-state index < -0.39 is 6.10 Å². The number of ketones is 1. The Labute approximate surface area is 106 Å². The van der Waals surface area contributed by atoms with Crippen LogP contribution in [0.3, 0.4) is 0 Å². The molecule has 1 heterocycles. The molecule has 0 saturated heterocycles. The molecule has 1 atom stereocenters. The summed E-state index contributed by atoms with van der Waals surface area (Å²) >= 11 is 0. The van der Waals surface area contributed by atoms with Crippen LogP contribution in [0.2, 0.25) is 0 Å². The van der Waals surface area contributed by atoms with Gasteiger partial charge in [-0.2, -0.15) is 0 Å². The zero-order valence-electron chi connectivity index (χ0n) is 9.74. The summed E-state index contributed by atoms with van der Waals surface area (Å²) < 4.78 is 5.76. The second kappa shape index (κ2) is 4.49. The van der Waals surface area contributed by atoms with Crippen LogP contribution in [0, 0.1) is 0 Å². The Kier molecular flexibility index (Phi) is 2.69. The van der Waals surface area contributed by atoms with E-state index in [2.05, 4.69) is 0 Å². The number of benzene rings is 2. The molecule has 3 rings (SSSR count). The third-order valence-corrected chi connectivity index (χ3v) is 2.94. The quantitative estimate of drug-likeness (QED) is 0.799. The molecule has 0 fully saturated rings. The molecule has 18 heavy (non-hydrogen) atoms. The zero-order chi connectivity index (χ0) is 12.4. The van der Waals surface area contributed by atoms with Crippen LogP contribution in [0.4, 0.5) is 0 Å². The summed E-state index contributed by atoms with van der Waals surface area (Å²) in [6.07, 6.45) is 1.08. The third-order valence-electron chi connectivity index (χ3n) is 2.94. The van der Waals surface area contributed by atoms with Crippen molar-refractivity contribution in [3.63, 3.8) is 0 Å². The van der Waals surface area contributed by atoms with Crippen molar-refractivity contribution >= 4 is 11.5 Å². The summed E-state index contributed by atoms with van der Waals surface area (Å²) in [6.45, 7) is 0. The fourth-order valence-electron chi connectivity index (χ4n) is 2.04. The Morgan fingerprint density at radius 2 is 1.44 bits per heavy atom. The number of ether oxygens (including phenoxy) is 1. The van der Waals surface area contributed by atoms with Crippen LogP contribution in [0.1, 0.15) is 17.2 Å². The van der Waals surface area contributed by atoms with Gasteiger partial charge in [0.1, 0.15) is 5.76 Å². The second-order valence-corrected chi connectivity index (χ2v) is 4.19. The third kappa shape index (κ3) is 1.93. The Bertz CT molecular complexity index is 585. The molecule has 0 aromatic heterocycles. The first kappa shape index (κ1) is 10.8. The molecule has 0 saturated carbocycles. The zero-order valence-corrected chi connectivity index (χ0v) is 9.74. The Balaban J connectivity index is 1.88. The number of hydrogen-bond donors (Lipinski definition) is 0. The van der Waals surface area contributed by atoms with E-state index in [1.54, 1.807) is 6.08 Å².